The van der Waals surface area contributed by atoms with Gasteiger partial charge in [-0.3, -0.25) is 0 Å². The van der Waals surface area contributed by atoms with Crippen LogP contribution in [0.2, 0.25) is 0 Å². The van der Waals surface area contributed by atoms with E-state index in [1.807, 2.05) is 6.07 Å². The molecule has 0 fully saturated rings. The van der Waals surface area contributed by atoms with E-state index in [0.717, 1.165) is 22.6 Å². The van der Waals surface area contributed by atoms with Gasteiger partial charge in [-0.15, -0.1) is 0 Å². The van der Waals surface area contributed by atoms with Crippen molar-refractivity contribution in [1.29, 1.82) is 0 Å². The third-order valence-corrected chi connectivity index (χ3v) is 4.20. The van der Waals surface area contributed by atoms with Crippen LogP contribution in [0.4, 0.5) is 5.69 Å². The average molecular weight is 343 g/mol. The highest BCUT2D eigenvalue weighted by Gasteiger charge is 2.13. The number of hydrogen-bond donors (Lipinski definition) is 1. The van der Waals surface area contributed by atoms with Gasteiger partial charge in [0.15, 0.2) is 0 Å². The summed E-state index contributed by atoms with van der Waals surface area (Å²) in [4.78, 5) is 0. The lowest BCUT2D eigenvalue weighted by molar-refractivity contribution is 0.304. The Morgan fingerprint density at radius 2 is 1.92 bits per heavy atom. The van der Waals surface area contributed by atoms with Crippen LogP contribution in [0.5, 0.6) is 5.75 Å². The molecule has 1 N–H and O–H groups in total. The molecule has 128 valence electrons. The first-order chi connectivity index (χ1) is 11.4. The van der Waals surface area contributed by atoms with Crippen molar-refractivity contribution in [2.75, 3.05) is 12.4 Å². The van der Waals surface area contributed by atoms with E-state index in [-0.39, 0.29) is 0 Å². The highest BCUT2D eigenvalue weighted by molar-refractivity contribution is 7.80. The van der Waals surface area contributed by atoms with Gasteiger partial charge in [0.05, 0.1) is 12.8 Å². The van der Waals surface area contributed by atoms with Crippen LogP contribution in [0.25, 0.3) is 0 Å². The third kappa shape index (κ3) is 4.48. The number of benzene rings is 2. The smallest absolute Gasteiger partial charge is 0.260 e. The maximum atomic E-state index is 6.04. The maximum absolute atomic E-state index is 6.04. The molecule has 4 heteroatoms. The summed E-state index contributed by atoms with van der Waals surface area (Å²) in [6.07, 6.45) is 0. The molecule has 0 unspecified atom stereocenters. The summed E-state index contributed by atoms with van der Waals surface area (Å²) in [5, 5.41) is 3.56. The van der Waals surface area contributed by atoms with Crippen LogP contribution in [0.1, 0.15) is 42.0 Å². The summed E-state index contributed by atoms with van der Waals surface area (Å²) in [6, 6.07) is 12.4. The Kier molecular flexibility index (Phi) is 6.21. The molecule has 0 spiro atoms. The van der Waals surface area contributed by atoms with Gasteiger partial charge in [0.2, 0.25) is 0 Å². The van der Waals surface area contributed by atoms with Crippen molar-refractivity contribution in [2.45, 2.75) is 40.2 Å². The number of hydrogen-bond acceptors (Lipinski definition) is 3. The second-order valence-electron chi connectivity index (χ2n) is 6.21. The van der Waals surface area contributed by atoms with E-state index < -0.39 is 0 Å². The second-order valence-corrected chi connectivity index (χ2v) is 6.58. The largest absolute Gasteiger partial charge is 0.489 e. The number of aryl methyl sites for hydroxylation is 2. The van der Waals surface area contributed by atoms with Crippen molar-refractivity contribution in [3.05, 3.63) is 58.7 Å². The van der Waals surface area contributed by atoms with Gasteiger partial charge in [0, 0.05) is 5.56 Å². The maximum Gasteiger partial charge on any atom is 0.260 e. The Morgan fingerprint density at radius 3 is 2.54 bits per heavy atom. The number of nitrogens with one attached hydrogen (secondary N) is 1. The van der Waals surface area contributed by atoms with Gasteiger partial charge in [-0.25, -0.2) is 0 Å². The summed E-state index contributed by atoms with van der Waals surface area (Å²) >= 11 is 5.18. The average Bonchev–Trinajstić information content (AvgIpc) is 2.54. The number of methoxy groups -OCH3 is 1. The Hall–Kier alpha value is -2.07. The Labute approximate surface area is 150 Å². The SMILES string of the molecule is COC(=S)Nc1c(COc2ccc(C)cc2C)cccc1C(C)C. The van der Waals surface area contributed by atoms with Crippen LogP contribution in [-0.4, -0.2) is 12.3 Å². The molecule has 24 heavy (non-hydrogen) atoms. The number of para-hydroxylation sites is 1. The molecule has 0 amide bonds. The van der Waals surface area contributed by atoms with E-state index >= 15 is 0 Å². The van der Waals surface area contributed by atoms with Gasteiger partial charge in [0.1, 0.15) is 12.4 Å². The summed E-state index contributed by atoms with van der Waals surface area (Å²) in [6.45, 7) is 8.93. The fraction of sp³-hybridized carbons (Fsp3) is 0.350. The minimum absolute atomic E-state index is 0.357. The first-order valence-electron chi connectivity index (χ1n) is 8.09. The summed E-state index contributed by atoms with van der Waals surface area (Å²) in [7, 11) is 1.57. The van der Waals surface area contributed by atoms with Gasteiger partial charge in [-0.1, -0.05) is 49.7 Å². The van der Waals surface area contributed by atoms with Crippen LogP contribution < -0.4 is 10.1 Å². The Balaban J connectivity index is 2.28. The predicted octanol–water partition coefficient (Wildman–Crippen LogP) is 5.35. The summed E-state index contributed by atoms with van der Waals surface area (Å²) < 4.78 is 11.2. The van der Waals surface area contributed by atoms with E-state index in [1.54, 1.807) is 7.11 Å². The van der Waals surface area contributed by atoms with Crippen LogP contribution in [0, 0.1) is 13.8 Å². The molecule has 0 aliphatic rings. The zero-order valence-electron chi connectivity index (χ0n) is 15.0. The van der Waals surface area contributed by atoms with Crippen molar-refractivity contribution in [3.63, 3.8) is 0 Å². The second kappa shape index (κ2) is 8.15. The quantitative estimate of drug-likeness (QED) is 0.741. The molecule has 0 aliphatic carbocycles. The monoisotopic (exact) mass is 343 g/mol. The molecule has 0 saturated carbocycles. The van der Waals surface area contributed by atoms with Crippen molar-refractivity contribution >= 4 is 23.1 Å². The Morgan fingerprint density at radius 1 is 1.17 bits per heavy atom. The zero-order chi connectivity index (χ0) is 17.7. The molecule has 2 aromatic rings. The van der Waals surface area contributed by atoms with E-state index in [9.17, 15) is 0 Å². The topological polar surface area (TPSA) is 30.5 Å². The van der Waals surface area contributed by atoms with Crippen molar-refractivity contribution in [2.24, 2.45) is 0 Å². The fourth-order valence-corrected chi connectivity index (χ4v) is 2.75. The van der Waals surface area contributed by atoms with Gasteiger partial charge in [-0.05, 0) is 49.2 Å². The number of anilines is 1. The number of ether oxygens (including phenoxy) is 2. The molecule has 0 heterocycles. The van der Waals surface area contributed by atoms with Gasteiger partial charge in [0.25, 0.3) is 5.17 Å². The molecular formula is C20H25NO2S. The van der Waals surface area contributed by atoms with E-state index in [1.165, 1.54) is 11.1 Å². The van der Waals surface area contributed by atoms with Crippen LogP contribution in [0.15, 0.2) is 36.4 Å². The molecule has 2 rings (SSSR count). The van der Waals surface area contributed by atoms with Gasteiger partial charge < -0.3 is 14.8 Å². The highest BCUT2D eigenvalue weighted by Crippen LogP contribution is 2.29. The lowest BCUT2D eigenvalue weighted by Gasteiger charge is -2.19. The van der Waals surface area contributed by atoms with Crippen LogP contribution in [-0.2, 0) is 11.3 Å². The third-order valence-electron chi connectivity index (χ3n) is 3.93. The first kappa shape index (κ1) is 18.3. The minimum Gasteiger partial charge on any atom is -0.489 e. The van der Waals surface area contributed by atoms with Gasteiger partial charge >= 0.3 is 0 Å². The number of rotatable bonds is 5. The van der Waals surface area contributed by atoms with Crippen molar-refractivity contribution in [1.82, 2.24) is 0 Å². The minimum atomic E-state index is 0.357. The van der Waals surface area contributed by atoms with Crippen LogP contribution in [0.3, 0.4) is 0 Å². The Bertz CT molecular complexity index is 726. The molecule has 3 nitrogen and oxygen atoms in total. The molecule has 0 radical (unpaired) electrons. The van der Waals surface area contributed by atoms with Gasteiger partial charge in [-0.2, -0.15) is 0 Å². The van der Waals surface area contributed by atoms with E-state index in [4.69, 9.17) is 21.7 Å². The summed E-state index contributed by atoms with van der Waals surface area (Å²) in [5.74, 6) is 1.27. The predicted molar refractivity (Wildman–Crippen MR) is 104 cm³/mol. The van der Waals surface area contributed by atoms with E-state index in [2.05, 4.69) is 63.3 Å². The highest BCUT2D eigenvalue weighted by atomic mass is 32.1. The van der Waals surface area contributed by atoms with Crippen molar-refractivity contribution < 1.29 is 9.47 Å². The molecule has 0 bridgehead atoms. The molecule has 0 aliphatic heterocycles. The normalized spacial score (nSPS) is 10.6. The number of thiocarbonyl (C=S) groups is 1. The lowest BCUT2D eigenvalue weighted by Crippen LogP contribution is -2.15. The lowest BCUT2D eigenvalue weighted by atomic mass is 9.98. The fourth-order valence-electron chi connectivity index (χ4n) is 2.64. The van der Waals surface area contributed by atoms with Crippen molar-refractivity contribution in [3.8, 4) is 5.75 Å². The molecule has 0 aromatic heterocycles. The zero-order valence-corrected chi connectivity index (χ0v) is 15.8. The first-order valence-corrected chi connectivity index (χ1v) is 8.50. The summed E-state index contributed by atoms with van der Waals surface area (Å²) in [5.41, 5.74) is 5.59. The molecule has 0 saturated heterocycles. The molecule has 0 atom stereocenters. The van der Waals surface area contributed by atoms with Crippen LogP contribution >= 0.6 is 12.2 Å². The standard InChI is InChI=1S/C20H25NO2S/c1-13(2)17-8-6-7-16(19(17)21-20(24)22-5)12-23-18-10-9-14(3)11-15(18)4/h6-11,13H,12H2,1-5H3,(H,21,24). The molecule has 2 aromatic carbocycles. The van der Waals surface area contributed by atoms with E-state index in [0.29, 0.717) is 17.7 Å². The molecular weight excluding hydrogens is 318 g/mol.